The van der Waals surface area contributed by atoms with Crippen molar-refractivity contribution in [3.05, 3.63) is 36.5 Å². The molecule has 0 aromatic carbocycles. The number of aliphatic carboxylic acids is 1. The third-order valence-corrected chi connectivity index (χ3v) is 3.31. The lowest BCUT2D eigenvalue weighted by atomic mass is 10.2. The Morgan fingerprint density at radius 3 is 2.20 bits per heavy atom. The average Bonchev–Trinajstić information content (AvgIpc) is 2.46. The van der Waals surface area contributed by atoms with E-state index in [9.17, 15) is 14.7 Å². The minimum Gasteiger partial charge on any atom is -0.550 e. The van der Waals surface area contributed by atoms with Crippen LogP contribution in [0.25, 0.3) is 0 Å². The number of quaternary nitrogens is 1. The molecule has 1 unspecified atom stereocenters. The molecule has 0 rings (SSSR count). The topological polar surface area (TPSA) is 66.4 Å². The van der Waals surface area contributed by atoms with Crippen LogP contribution in [0.15, 0.2) is 36.5 Å². The van der Waals surface area contributed by atoms with Gasteiger partial charge in [-0.2, -0.15) is 0 Å². The van der Waals surface area contributed by atoms with E-state index in [0.717, 1.165) is 19.3 Å². The van der Waals surface area contributed by atoms with E-state index in [2.05, 4.69) is 30.4 Å². The van der Waals surface area contributed by atoms with Gasteiger partial charge in [-0.3, -0.25) is 4.79 Å². The minimum absolute atomic E-state index is 0.263. The molecule has 0 fully saturated rings. The van der Waals surface area contributed by atoms with Crippen LogP contribution in [0, 0.1) is 0 Å². The number of hydrogen-bond donors (Lipinski definition) is 0. The molecule has 0 heterocycles. The Bertz CT molecular complexity index is 473. The Balaban J connectivity index is 4.02. The molecule has 5 nitrogen and oxygen atoms in total. The molecule has 0 saturated carbocycles. The van der Waals surface area contributed by atoms with Crippen molar-refractivity contribution < 1.29 is 23.9 Å². The Morgan fingerprint density at radius 1 is 1.04 bits per heavy atom. The van der Waals surface area contributed by atoms with Crippen LogP contribution < -0.4 is 5.11 Å². The number of carbonyl (C=O) groups is 2. The highest BCUT2D eigenvalue weighted by molar-refractivity contribution is 5.70. The van der Waals surface area contributed by atoms with Crippen LogP contribution in [0.2, 0.25) is 0 Å². The standard InChI is InChI=1S/C20H33NO4/c1-5-6-7-8-9-10-11-12-13-14-15-20(24)25-18(16-19(22)23)17-21(2,3)4/h5-6,8-9,11-12,18H,7,10,13-17H2,1-4H3/b6-5+,9-8+,12-11+. The zero-order valence-electron chi connectivity index (χ0n) is 16.1. The second-order valence-corrected chi connectivity index (χ2v) is 7.04. The van der Waals surface area contributed by atoms with Gasteiger partial charge in [-0.25, -0.2) is 0 Å². The highest BCUT2D eigenvalue weighted by Gasteiger charge is 2.22. The van der Waals surface area contributed by atoms with Crippen molar-refractivity contribution in [1.82, 2.24) is 0 Å². The molecule has 0 aliphatic heterocycles. The molecule has 1 atom stereocenters. The Labute approximate surface area is 152 Å². The van der Waals surface area contributed by atoms with Crippen molar-refractivity contribution in [3.63, 3.8) is 0 Å². The van der Waals surface area contributed by atoms with Gasteiger partial charge in [0, 0.05) is 18.8 Å². The maximum absolute atomic E-state index is 11.9. The van der Waals surface area contributed by atoms with Gasteiger partial charge in [-0.05, 0) is 32.6 Å². The first-order valence-electron chi connectivity index (χ1n) is 8.85. The summed E-state index contributed by atoms with van der Waals surface area (Å²) in [6, 6.07) is 0. The molecule has 0 aliphatic carbocycles. The van der Waals surface area contributed by atoms with Crippen molar-refractivity contribution in [2.45, 2.75) is 51.6 Å². The number of hydrogen-bond acceptors (Lipinski definition) is 4. The molecule has 0 saturated heterocycles. The number of nitrogens with zero attached hydrogens (tertiary/aromatic N) is 1. The Hall–Kier alpha value is -1.88. The number of ether oxygens (including phenoxy) is 1. The van der Waals surface area contributed by atoms with Crippen LogP contribution in [0.4, 0.5) is 0 Å². The van der Waals surface area contributed by atoms with Crippen molar-refractivity contribution in [2.75, 3.05) is 27.7 Å². The second-order valence-electron chi connectivity index (χ2n) is 7.04. The third-order valence-electron chi connectivity index (χ3n) is 3.31. The summed E-state index contributed by atoms with van der Waals surface area (Å²) in [7, 11) is 5.77. The number of allylic oxidation sites excluding steroid dienone is 6. The van der Waals surface area contributed by atoms with Gasteiger partial charge in [0.2, 0.25) is 0 Å². The summed E-state index contributed by atoms with van der Waals surface area (Å²) in [5.41, 5.74) is 0. The van der Waals surface area contributed by atoms with Crippen molar-refractivity contribution >= 4 is 11.9 Å². The maximum atomic E-state index is 11.9. The quantitative estimate of drug-likeness (QED) is 0.221. The van der Waals surface area contributed by atoms with Crippen LogP contribution >= 0.6 is 0 Å². The lowest BCUT2D eigenvalue weighted by molar-refractivity contribution is -0.873. The maximum Gasteiger partial charge on any atom is 0.306 e. The summed E-state index contributed by atoms with van der Waals surface area (Å²) in [6.45, 7) is 2.45. The van der Waals surface area contributed by atoms with Crippen LogP contribution in [-0.2, 0) is 14.3 Å². The molecular formula is C20H33NO4. The van der Waals surface area contributed by atoms with Gasteiger partial charge in [0.1, 0.15) is 6.54 Å². The Kier molecular flexibility index (Phi) is 12.4. The number of rotatable bonds is 13. The SMILES string of the molecule is C/C=C/C/C=C/C/C=C/CCCC(=O)OC(CC(=O)[O-])C[N+](C)(C)C. The summed E-state index contributed by atoms with van der Waals surface area (Å²) in [6.07, 6.45) is 15.2. The van der Waals surface area contributed by atoms with E-state index in [1.165, 1.54) is 0 Å². The van der Waals surface area contributed by atoms with E-state index >= 15 is 0 Å². The van der Waals surface area contributed by atoms with Gasteiger partial charge in [0.05, 0.1) is 21.1 Å². The number of esters is 1. The molecule has 0 N–H and O–H groups in total. The van der Waals surface area contributed by atoms with Gasteiger partial charge in [0.15, 0.2) is 6.10 Å². The van der Waals surface area contributed by atoms with Gasteiger partial charge in [-0.15, -0.1) is 0 Å². The van der Waals surface area contributed by atoms with Crippen LogP contribution in [0.3, 0.4) is 0 Å². The molecule has 25 heavy (non-hydrogen) atoms. The summed E-state index contributed by atoms with van der Waals surface area (Å²) >= 11 is 0. The van der Waals surface area contributed by atoms with Gasteiger partial charge in [0.25, 0.3) is 0 Å². The number of likely N-dealkylation sites (N-methyl/N-ethyl adjacent to an activating group) is 1. The molecule has 5 heteroatoms. The normalized spacial score (nSPS) is 13.8. The highest BCUT2D eigenvalue weighted by Crippen LogP contribution is 2.08. The largest absolute Gasteiger partial charge is 0.550 e. The number of unbranched alkanes of at least 4 members (excludes halogenated alkanes) is 1. The second kappa shape index (κ2) is 13.4. The summed E-state index contributed by atoms with van der Waals surface area (Å²) in [5, 5.41) is 10.8. The molecule has 142 valence electrons. The Morgan fingerprint density at radius 2 is 1.64 bits per heavy atom. The first-order valence-corrected chi connectivity index (χ1v) is 8.85. The van der Waals surface area contributed by atoms with E-state index in [1.54, 1.807) is 0 Å². The van der Waals surface area contributed by atoms with E-state index in [4.69, 9.17) is 4.74 Å². The zero-order valence-corrected chi connectivity index (χ0v) is 16.1. The van der Waals surface area contributed by atoms with E-state index in [0.29, 0.717) is 23.9 Å². The monoisotopic (exact) mass is 351 g/mol. The predicted molar refractivity (Wildman–Crippen MR) is 98.6 cm³/mol. The summed E-state index contributed by atoms with van der Waals surface area (Å²) < 4.78 is 5.83. The minimum atomic E-state index is -1.20. The van der Waals surface area contributed by atoms with Crippen LogP contribution in [0.1, 0.15) is 45.4 Å². The molecule has 0 aromatic heterocycles. The molecule has 0 aromatic rings. The fourth-order valence-electron chi connectivity index (χ4n) is 2.25. The fourth-order valence-corrected chi connectivity index (χ4v) is 2.25. The number of carboxylic acids is 1. The summed E-state index contributed by atoms with van der Waals surface area (Å²) in [4.78, 5) is 22.7. The molecular weight excluding hydrogens is 318 g/mol. The lowest BCUT2D eigenvalue weighted by Gasteiger charge is -2.29. The number of carbonyl (C=O) groups excluding carboxylic acids is 2. The number of carboxylic acid groups (broad SMARTS) is 1. The van der Waals surface area contributed by atoms with Crippen molar-refractivity contribution in [3.8, 4) is 0 Å². The van der Waals surface area contributed by atoms with E-state index in [-0.39, 0.29) is 12.4 Å². The highest BCUT2D eigenvalue weighted by atomic mass is 16.5. The first-order chi connectivity index (χ1) is 11.7. The third kappa shape index (κ3) is 16.8. The summed E-state index contributed by atoms with van der Waals surface area (Å²) in [5.74, 6) is -1.55. The smallest absolute Gasteiger partial charge is 0.306 e. The van der Waals surface area contributed by atoms with Crippen molar-refractivity contribution in [2.24, 2.45) is 0 Å². The van der Waals surface area contributed by atoms with Crippen LogP contribution in [0.5, 0.6) is 0 Å². The fraction of sp³-hybridized carbons (Fsp3) is 0.600. The van der Waals surface area contributed by atoms with Crippen molar-refractivity contribution in [1.29, 1.82) is 0 Å². The van der Waals surface area contributed by atoms with Gasteiger partial charge in [-0.1, -0.05) is 36.5 Å². The van der Waals surface area contributed by atoms with Crippen LogP contribution in [-0.4, -0.2) is 50.2 Å². The molecule has 0 bridgehead atoms. The van der Waals surface area contributed by atoms with E-state index in [1.807, 2.05) is 34.1 Å². The molecule has 0 spiro atoms. The van der Waals surface area contributed by atoms with E-state index < -0.39 is 12.1 Å². The molecule has 0 amide bonds. The lowest BCUT2D eigenvalue weighted by Crippen LogP contribution is -2.45. The molecule has 0 aliphatic rings. The first kappa shape index (κ1) is 23.1. The van der Waals surface area contributed by atoms with Gasteiger partial charge >= 0.3 is 5.97 Å². The average molecular weight is 351 g/mol. The zero-order chi connectivity index (χ0) is 19.1. The molecule has 0 radical (unpaired) electrons. The predicted octanol–water partition coefficient (Wildman–Crippen LogP) is 2.38. The van der Waals surface area contributed by atoms with Gasteiger partial charge < -0.3 is 19.1 Å².